The van der Waals surface area contributed by atoms with Crippen LogP contribution >= 0.6 is 0 Å². The Morgan fingerprint density at radius 3 is 2.29 bits per heavy atom. The van der Waals surface area contributed by atoms with Gasteiger partial charge < -0.3 is 10.1 Å². The molecule has 0 aliphatic carbocycles. The number of H-pyrrole nitrogens is 1. The third-order valence-electron chi connectivity index (χ3n) is 4.55. The largest absolute Gasteiger partial charge is 0.375 e. The lowest BCUT2D eigenvalue weighted by molar-refractivity contribution is 0.0926. The third-order valence-corrected chi connectivity index (χ3v) is 4.55. The van der Waals surface area contributed by atoms with E-state index in [2.05, 4.69) is 10.3 Å². The topological polar surface area (TPSA) is 76.1 Å². The van der Waals surface area contributed by atoms with Crippen LogP contribution in [0.4, 0.5) is 5.82 Å². The summed E-state index contributed by atoms with van der Waals surface area (Å²) in [5.41, 5.74) is 1.30. The summed E-state index contributed by atoms with van der Waals surface area (Å²) in [5.74, 6) is 0.403. The minimum atomic E-state index is -0.453. The van der Waals surface area contributed by atoms with E-state index in [0.29, 0.717) is 12.4 Å². The number of rotatable bonds is 8. The number of nitrogens with zero attached hydrogens (tertiary/aromatic N) is 1. The summed E-state index contributed by atoms with van der Waals surface area (Å²) < 4.78 is 6.85. The average molecular weight is 379 g/mol. The molecule has 0 bridgehead atoms. The van der Waals surface area contributed by atoms with Gasteiger partial charge in [-0.25, -0.2) is 4.79 Å². The normalized spacial score (nSPS) is 13.1. The molecule has 0 spiro atoms. The second-order valence-corrected chi connectivity index (χ2v) is 6.82. The van der Waals surface area contributed by atoms with E-state index in [1.165, 1.54) is 10.6 Å². The zero-order chi connectivity index (χ0) is 19.9. The van der Waals surface area contributed by atoms with Crippen molar-refractivity contribution in [3.8, 4) is 0 Å². The number of anilines is 1. The van der Waals surface area contributed by atoms with Gasteiger partial charge in [-0.2, -0.15) is 0 Å². The van der Waals surface area contributed by atoms with E-state index in [-0.39, 0.29) is 24.2 Å². The van der Waals surface area contributed by atoms with Gasteiger partial charge in [-0.05, 0) is 25.0 Å². The van der Waals surface area contributed by atoms with Gasteiger partial charge in [0, 0.05) is 12.1 Å². The predicted molar refractivity (Wildman–Crippen MR) is 111 cm³/mol. The number of benzene rings is 2. The highest BCUT2D eigenvalue weighted by Crippen LogP contribution is 2.16. The molecule has 0 aliphatic rings. The van der Waals surface area contributed by atoms with Gasteiger partial charge >= 0.3 is 5.69 Å². The summed E-state index contributed by atoms with van der Waals surface area (Å²) in [5, 5.41) is 3.17. The highest BCUT2D eigenvalue weighted by Gasteiger charge is 2.13. The molecule has 0 amide bonds. The highest BCUT2D eigenvalue weighted by molar-refractivity contribution is 5.36. The summed E-state index contributed by atoms with van der Waals surface area (Å²) >= 11 is 0. The molecule has 0 radical (unpaired) electrons. The van der Waals surface area contributed by atoms with Crippen LogP contribution < -0.4 is 16.6 Å². The molecule has 3 rings (SSSR count). The summed E-state index contributed by atoms with van der Waals surface area (Å²) in [6.45, 7) is 4.47. The Kier molecular flexibility index (Phi) is 6.45. The van der Waals surface area contributed by atoms with Crippen molar-refractivity contribution in [2.45, 2.75) is 32.5 Å². The quantitative estimate of drug-likeness (QED) is 0.628. The first-order valence-electron chi connectivity index (χ1n) is 9.33. The van der Waals surface area contributed by atoms with Gasteiger partial charge in [-0.1, -0.05) is 60.7 Å². The molecule has 2 atom stereocenters. The molecule has 146 valence electrons. The Morgan fingerprint density at radius 2 is 1.64 bits per heavy atom. The fourth-order valence-electron chi connectivity index (χ4n) is 3.05. The van der Waals surface area contributed by atoms with Crippen molar-refractivity contribution in [3.05, 3.63) is 98.7 Å². The van der Waals surface area contributed by atoms with E-state index in [0.717, 1.165) is 11.1 Å². The first kappa shape index (κ1) is 19.6. The maximum atomic E-state index is 12.5. The van der Waals surface area contributed by atoms with Crippen LogP contribution in [0.1, 0.15) is 37.1 Å². The summed E-state index contributed by atoms with van der Waals surface area (Å²) in [6.07, 6.45) is 0. The van der Waals surface area contributed by atoms with Gasteiger partial charge in [0.25, 0.3) is 5.56 Å². The lowest BCUT2D eigenvalue weighted by atomic mass is 10.1. The molecule has 6 nitrogen and oxygen atoms in total. The summed E-state index contributed by atoms with van der Waals surface area (Å²) in [7, 11) is 0. The molecular formula is C22H25N3O3. The van der Waals surface area contributed by atoms with Gasteiger partial charge in [0.1, 0.15) is 5.82 Å². The van der Waals surface area contributed by atoms with E-state index >= 15 is 0 Å². The molecule has 0 saturated carbocycles. The zero-order valence-corrected chi connectivity index (χ0v) is 16.1. The van der Waals surface area contributed by atoms with Crippen molar-refractivity contribution in [1.82, 2.24) is 9.55 Å². The Balaban J connectivity index is 1.66. The van der Waals surface area contributed by atoms with Crippen LogP contribution in [0.5, 0.6) is 0 Å². The molecular weight excluding hydrogens is 354 g/mol. The number of ether oxygens (including phenoxy) is 1. The molecule has 0 fully saturated rings. The number of aromatic nitrogens is 2. The molecule has 3 aromatic rings. The average Bonchev–Trinajstić information content (AvgIpc) is 2.69. The Hall–Kier alpha value is -3.12. The molecule has 6 heteroatoms. The van der Waals surface area contributed by atoms with E-state index in [9.17, 15) is 9.59 Å². The Bertz CT molecular complexity index is 966. The summed E-state index contributed by atoms with van der Waals surface area (Å²) in [6, 6.07) is 20.6. The van der Waals surface area contributed by atoms with Gasteiger partial charge in [-0.15, -0.1) is 0 Å². The standard InChI is InChI=1S/C22H25N3O3/c1-16(14-28-15-18-9-5-3-6-10-18)25-21(26)13-20(24-22(25)27)23-17(2)19-11-7-4-8-12-19/h3-13,16-17,23H,14-15H2,1-2H3,(H,24,27)/t16-,17-/m0/s1. The fourth-order valence-corrected chi connectivity index (χ4v) is 3.05. The van der Waals surface area contributed by atoms with Crippen molar-refractivity contribution in [2.75, 3.05) is 11.9 Å². The molecule has 2 aromatic carbocycles. The van der Waals surface area contributed by atoms with Crippen molar-refractivity contribution in [1.29, 1.82) is 0 Å². The first-order valence-corrected chi connectivity index (χ1v) is 9.33. The number of hydrogen-bond acceptors (Lipinski definition) is 4. The number of aromatic amines is 1. The minimum Gasteiger partial charge on any atom is -0.375 e. The van der Waals surface area contributed by atoms with E-state index in [1.54, 1.807) is 6.92 Å². The van der Waals surface area contributed by atoms with E-state index in [4.69, 9.17) is 4.74 Å². The third kappa shape index (κ3) is 4.98. The number of hydrogen-bond donors (Lipinski definition) is 2. The molecule has 1 aromatic heterocycles. The predicted octanol–water partition coefficient (Wildman–Crippen LogP) is 3.49. The molecule has 0 saturated heterocycles. The highest BCUT2D eigenvalue weighted by atomic mass is 16.5. The van der Waals surface area contributed by atoms with Gasteiger partial charge in [0.2, 0.25) is 0 Å². The second-order valence-electron chi connectivity index (χ2n) is 6.82. The van der Waals surface area contributed by atoms with Gasteiger partial charge in [0.15, 0.2) is 0 Å². The van der Waals surface area contributed by atoms with Crippen LogP contribution in [-0.2, 0) is 11.3 Å². The molecule has 0 aliphatic heterocycles. The maximum absolute atomic E-state index is 12.5. The lowest BCUT2D eigenvalue weighted by Gasteiger charge is -2.18. The van der Waals surface area contributed by atoms with E-state index in [1.807, 2.05) is 67.6 Å². The molecule has 2 N–H and O–H groups in total. The Labute approximate surface area is 163 Å². The maximum Gasteiger partial charge on any atom is 0.330 e. The lowest BCUT2D eigenvalue weighted by Crippen LogP contribution is -2.38. The monoisotopic (exact) mass is 379 g/mol. The van der Waals surface area contributed by atoms with Crippen LogP contribution in [0.15, 0.2) is 76.3 Å². The van der Waals surface area contributed by atoms with Gasteiger partial charge in [0.05, 0.1) is 19.3 Å². The fraction of sp³-hybridized carbons (Fsp3) is 0.273. The SMILES string of the molecule is C[C@H](Nc1cc(=O)n([C@@H](C)COCc2ccccc2)c(=O)[nH]1)c1ccccc1. The summed E-state index contributed by atoms with van der Waals surface area (Å²) in [4.78, 5) is 27.7. The van der Waals surface area contributed by atoms with Crippen LogP contribution in [-0.4, -0.2) is 16.2 Å². The van der Waals surface area contributed by atoms with Gasteiger partial charge in [-0.3, -0.25) is 14.3 Å². The zero-order valence-electron chi connectivity index (χ0n) is 16.1. The number of nitrogens with one attached hydrogen (secondary N) is 2. The minimum absolute atomic E-state index is 0.0428. The smallest absolute Gasteiger partial charge is 0.330 e. The van der Waals surface area contributed by atoms with Crippen LogP contribution in [0.25, 0.3) is 0 Å². The van der Waals surface area contributed by atoms with Crippen LogP contribution in [0.2, 0.25) is 0 Å². The molecule has 1 heterocycles. The first-order chi connectivity index (χ1) is 13.5. The van der Waals surface area contributed by atoms with Crippen molar-refractivity contribution < 1.29 is 4.74 Å². The Morgan fingerprint density at radius 1 is 1.00 bits per heavy atom. The van der Waals surface area contributed by atoms with Crippen LogP contribution in [0.3, 0.4) is 0 Å². The van der Waals surface area contributed by atoms with Crippen molar-refractivity contribution in [3.63, 3.8) is 0 Å². The second kappa shape index (κ2) is 9.19. The molecule has 0 unspecified atom stereocenters. The molecule has 28 heavy (non-hydrogen) atoms. The van der Waals surface area contributed by atoms with Crippen molar-refractivity contribution >= 4 is 5.82 Å². The van der Waals surface area contributed by atoms with Crippen LogP contribution in [0, 0.1) is 0 Å². The van der Waals surface area contributed by atoms with Crippen molar-refractivity contribution in [2.24, 2.45) is 0 Å². The van der Waals surface area contributed by atoms with E-state index < -0.39 is 5.69 Å².